The lowest BCUT2D eigenvalue weighted by atomic mass is 9.96. The molecule has 1 atom stereocenters. The van der Waals surface area contributed by atoms with Crippen LogP contribution in [-0.2, 0) is 35.6 Å². The molecule has 0 saturated heterocycles. The number of para-hydroxylation sites is 1. The van der Waals surface area contributed by atoms with Crippen molar-refractivity contribution < 1.29 is 9.53 Å². The van der Waals surface area contributed by atoms with Gasteiger partial charge in [0.25, 0.3) is 0 Å². The number of nitrogens with one attached hydrogen (secondary N) is 2. The number of fused-ring (bicyclic) bond motifs is 4. The number of benzene rings is 2. The summed E-state index contributed by atoms with van der Waals surface area (Å²) in [5.41, 5.74) is 6.06. The highest BCUT2D eigenvalue weighted by Gasteiger charge is 2.35. The van der Waals surface area contributed by atoms with Gasteiger partial charge in [0.05, 0.1) is 24.4 Å². The van der Waals surface area contributed by atoms with E-state index in [9.17, 15) is 4.79 Å². The van der Waals surface area contributed by atoms with Crippen LogP contribution >= 0.6 is 11.6 Å². The van der Waals surface area contributed by atoms with Crippen molar-refractivity contribution in [3.8, 4) is 0 Å². The summed E-state index contributed by atoms with van der Waals surface area (Å²) in [6, 6.07) is 15.5. The first-order chi connectivity index (χ1) is 18.6. The Morgan fingerprint density at radius 1 is 1.21 bits per heavy atom. The van der Waals surface area contributed by atoms with Gasteiger partial charge in [-0.05, 0) is 42.8 Å². The molecule has 0 fully saturated rings. The molecule has 5 aromatic rings. The van der Waals surface area contributed by atoms with Gasteiger partial charge in [0.2, 0.25) is 0 Å². The third kappa shape index (κ3) is 4.82. The van der Waals surface area contributed by atoms with Crippen molar-refractivity contribution in [1.29, 1.82) is 0 Å². The fourth-order valence-corrected chi connectivity index (χ4v) is 5.37. The molecule has 38 heavy (non-hydrogen) atoms. The molecule has 1 aliphatic rings. The number of anilines is 1. The second kappa shape index (κ2) is 10.4. The molecule has 0 radical (unpaired) electrons. The SMILES string of the molecule is CCOC(=O)C1Cc2c([nH]c3ccccc23)CN1Cc1cn(CCNc2ccnc3cc(Cl)ccc23)nn1. The van der Waals surface area contributed by atoms with Gasteiger partial charge in [-0.1, -0.05) is 35.0 Å². The second-order valence-electron chi connectivity index (χ2n) is 9.42. The van der Waals surface area contributed by atoms with Crippen LogP contribution in [0.1, 0.15) is 23.9 Å². The maximum atomic E-state index is 12.9. The summed E-state index contributed by atoms with van der Waals surface area (Å²) in [7, 11) is 0. The van der Waals surface area contributed by atoms with E-state index in [0.29, 0.717) is 44.2 Å². The van der Waals surface area contributed by atoms with Crippen LogP contribution < -0.4 is 5.32 Å². The van der Waals surface area contributed by atoms with Crippen LogP contribution in [0.4, 0.5) is 5.69 Å². The first-order valence-electron chi connectivity index (χ1n) is 12.8. The number of carbonyl (C=O) groups excluding carboxylic acids is 1. The van der Waals surface area contributed by atoms with E-state index in [1.165, 1.54) is 10.9 Å². The van der Waals surface area contributed by atoms with Gasteiger partial charge in [-0.15, -0.1) is 5.10 Å². The maximum Gasteiger partial charge on any atom is 0.323 e. The normalized spacial score (nSPS) is 15.6. The minimum atomic E-state index is -0.373. The zero-order valence-electron chi connectivity index (χ0n) is 21.0. The average Bonchev–Trinajstić information content (AvgIpc) is 3.51. The third-order valence-corrected chi connectivity index (χ3v) is 7.21. The zero-order valence-corrected chi connectivity index (χ0v) is 21.8. The molecule has 1 unspecified atom stereocenters. The predicted molar refractivity (Wildman–Crippen MR) is 147 cm³/mol. The Morgan fingerprint density at radius 3 is 3.00 bits per heavy atom. The van der Waals surface area contributed by atoms with Crippen molar-refractivity contribution in [2.45, 2.75) is 39.0 Å². The van der Waals surface area contributed by atoms with Gasteiger partial charge < -0.3 is 15.0 Å². The van der Waals surface area contributed by atoms with Gasteiger partial charge >= 0.3 is 5.97 Å². The number of rotatable bonds is 8. The quantitative estimate of drug-likeness (QED) is 0.284. The Balaban J connectivity index is 1.14. The lowest BCUT2D eigenvalue weighted by molar-refractivity contribution is -0.150. The minimum Gasteiger partial charge on any atom is -0.465 e. The van der Waals surface area contributed by atoms with Crippen molar-refractivity contribution in [2.75, 3.05) is 18.5 Å². The van der Waals surface area contributed by atoms with E-state index in [-0.39, 0.29) is 12.0 Å². The van der Waals surface area contributed by atoms with Crippen LogP contribution in [0.2, 0.25) is 5.02 Å². The molecule has 1 aliphatic heterocycles. The maximum absolute atomic E-state index is 12.9. The molecule has 4 heterocycles. The average molecular weight is 530 g/mol. The molecule has 0 amide bonds. The number of aromatic nitrogens is 5. The van der Waals surface area contributed by atoms with E-state index in [0.717, 1.165) is 33.5 Å². The van der Waals surface area contributed by atoms with Crippen LogP contribution in [0.5, 0.6) is 0 Å². The van der Waals surface area contributed by atoms with E-state index in [1.807, 2.05) is 54.2 Å². The summed E-state index contributed by atoms with van der Waals surface area (Å²) in [5, 5.41) is 15.0. The van der Waals surface area contributed by atoms with Crippen molar-refractivity contribution in [3.63, 3.8) is 0 Å². The fraction of sp³-hybridized carbons (Fsp3) is 0.286. The summed E-state index contributed by atoms with van der Waals surface area (Å²) in [6.45, 7) is 4.61. The van der Waals surface area contributed by atoms with E-state index in [4.69, 9.17) is 16.3 Å². The number of halogens is 1. The molecule has 0 saturated carbocycles. The van der Waals surface area contributed by atoms with Crippen molar-refractivity contribution in [1.82, 2.24) is 29.9 Å². The predicted octanol–water partition coefficient (Wildman–Crippen LogP) is 4.56. The first-order valence-corrected chi connectivity index (χ1v) is 13.1. The third-order valence-electron chi connectivity index (χ3n) is 6.97. The molecule has 0 bridgehead atoms. The van der Waals surface area contributed by atoms with E-state index >= 15 is 0 Å². The van der Waals surface area contributed by atoms with Crippen LogP contribution in [0, 0.1) is 0 Å². The Kier molecular flexibility index (Phi) is 6.70. The number of hydrogen-bond acceptors (Lipinski definition) is 7. The molecule has 3 aromatic heterocycles. The van der Waals surface area contributed by atoms with Crippen molar-refractivity contribution in [2.24, 2.45) is 0 Å². The van der Waals surface area contributed by atoms with Gasteiger partial charge in [-0.3, -0.25) is 19.4 Å². The minimum absolute atomic E-state index is 0.203. The summed E-state index contributed by atoms with van der Waals surface area (Å²) in [5.74, 6) is -0.203. The second-order valence-corrected chi connectivity index (χ2v) is 9.86. The number of aromatic amines is 1. The highest BCUT2D eigenvalue weighted by molar-refractivity contribution is 6.31. The summed E-state index contributed by atoms with van der Waals surface area (Å²) in [4.78, 5) is 23.0. The molecule has 0 aliphatic carbocycles. The number of pyridine rings is 1. The van der Waals surface area contributed by atoms with Crippen LogP contribution in [0.15, 0.2) is 60.9 Å². The fourth-order valence-electron chi connectivity index (χ4n) is 5.21. The van der Waals surface area contributed by atoms with Crippen LogP contribution in [0.25, 0.3) is 21.8 Å². The topological polar surface area (TPSA) is 101 Å². The zero-order chi connectivity index (χ0) is 26.1. The Labute approximate surface area is 224 Å². The number of ether oxygens (including phenoxy) is 1. The largest absolute Gasteiger partial charge is 0.465 e. The summed E-state index contributed by atoms with van der Waals surface area (Å²) >= 11 is 6.10. The highest BCUT2D eigenvalue weighted by Crippen LogP contribution is 2.31. The summed E-state index contributed by atoms with van der Waals surface area (Å²) < 4.78 is 7.26. The Morgan fingerprint density at radius 2 is 2.11 bits per heavy atom. The van der Waals surface area contributed by atoms with Gasteiger partial charge in [-0.2, -0.15) is 0 Å². The number of esters is 1. The van der Waals surface area contributed by atoms with E-state index < -0.39 is 0 Å². The lowest BCUT2D eigenvalue weighted by Crippen LogP contribution is -2.45. The molecule has 194 valence electrons. The number of hydrogen-bond donors (Lipinski definition) is 2. The number of H-pyrrole nitrogens is 1. The molecular weight excluding hydrogens is 502 g/mol. The Bertz CT molecular complexity index is 1610. The smallest absolute Gasteiger partial charge is 0.323 e. The van der Waals surface area contributed by atoms with E-state index in [2.05, 4.69) is 42.6 Å². The molecule has 2 aromatic carbocycles. The molecule has 0 spiro atoms. The van der Waals surface area contributed by atoms with Gasteiger partial charge in [-0.25, -0.2) is 0 Å². The first kappa shape index (κ1) is 24.4. The standard InChI is InChI=1S/C28H28ClN7O2/c1-2-38-28(37)27-14-22-20-5-3-4-6-24(20)32-26(22)17-35(27)15-19-16-36(34-33-19)12-11-31-23-9-10-30-25-13-18(29)7-8-21(23)25/h3-10,13,16,27,32H,2,11-12,14-15,17H2,1H3,(H,30,31). The number of carbonyl (C=O) groups is 1. The van der Waals surface area contributed by atoms with E-state index in [1.54, 1.807) is 6.20 Å². The van der Waals surface area contributed by atoms with Gasteiger partial charge in [0.1, 0.15) is 6.04 Å². The van der Waals surface area contributed by atoms with Gasteiger partial charge in [0, 0.05) is 71.1 Å². The van der Waals surface area contributed by atoms with Crippen LogP contribution in [0.3, 0.4) is 0 Å². The van der Waals surface area contributed by atoms with Gasteiger partial charge in [0.15, 0.2) is 0 Å². The molecule has 2 N–H and O–H groups in total. The molecule has 9 nitrogen and oxygen atoms in total. The van der Waals surface area contributed by atoms with Crippen molar-refractivity contribution in [3.05, 3.63) is 82.9 Å². The summed E-state index contributed by atoms with van der Waals surface area (Å²) in [6.07, 6.45) is 4.31. The number of nitrogens with zero attached hydrogens (tertiary/aromatic N) is 5. The van der Waals surface area contributed by atoms with Crippen LogP contribution in [-0.4, -0.2) is 55.0 Å². The molecular formula is C28H28ClN7O2. The highest BCUT2D eigenvalue weighted by atomic mass is 35.5. The monoisotopic (exact) mass is 529 g/mol. The molecule has 10 heteroatoms. The van der Waals surface area contributed by atoms with Crippen molar-refractivity contribution >= 4 is 45.1 Å². The lowest BCUT2D eigenvalue weighted by Gasteiger charge is -2.33. The Hall–Kier alpha value is -3.95. The molecule has 6 rings (SSSR count).